The molecule has 7 heteroatoms. The molecule has 0 unspecified atom stereocenters. The standard InChI is InChI=1S/C24H22BrN5O/c1-15-12-24(13-15,23-29-27-14-30(23)2)17-6-3-7-19(10-17)28-22(31)20-11-18(25)9-16-5-4-8-26-21(16)20/h3-11,14-15H,12-13H2,1-2H3,(H,28,31). The second-order valence-corrected chi connectivity index (χ2v) is 9.34. The Morgan fingerprint density at radius 2 is 2.03 bits per heavy atom. The summed E-state index contributed by atoms with van der Waals surface area (Å²) >= 11 is 3.50. The SMILES string of the molecule is CC1CC(c2cccc(NC(=O)c3cc(Br)cc4cccnc34)c2)(c2nncn2C)C1. The first-order valence-corrected chi connectivity index (χ1v) is 11.1. The van der Waals surface area contributed by atoms with Crippen molar-refractivity contribution in [2.24, 2.45) is 13.0 Å². The molecule has 0 spiro atoms. The Bertz CT molecular complexity index is 1290. The fourth-order valence-electron chi connectivity index (χ4n) is 4.82. The van der Waals surface area contributed by atoms with Gasteiger partial charge in [-0.1, -0.05) is 41.1 Å². The molecular formula is C24H22BrN5O. The Morgan fingerprint density at radius 1 is 1.19 bits per heavy atom. The first kappa shape index (κ1) is 19.9. The molecule has 1 saturated carbocycles. The monoisotopic (exact) mass is 475 g/mol. The molecule has 156 valence electrons. The minimum absolute atomic E-state index is 0.171. The van der Waals surface area contributed by atoms with Gasteiger partial charge in [-0.2, -0.15) is 0 Å². The summed E-state index contributed by atoms with van der Waals surface area (Å²) in [6, 6.07) is 15.7. The minimum atomic E-state index is -0.183. The highest BCUT2D eigenvalue weighted by molar-refractivity contribution is 9.10. The van der Waals surface area contributed by atoms with Crippen LogP contribution in [-0.4, -0.2) is 25.7 Å². The van der Waals surface area contributed by atoms with E-state index in [0.717, 1.165) is 39.8 Å². The van der Waals surface area contributed by atoms with E-state index in [4.69, 9.17) is 0 Å². The molecule has 1 aliphatic carbocycles. The van der Waals surface area contributed by atoms with E-state index < -0.39 is 0 Å². The van der Waals surface area contributed by atoms with Crippen LogP contribution >= 0.6 is 15.9 Å². The van der Waals surface area contributed by atoms with E-state index >= 15 is 0 Å². The number of aryl methyl sites for hydroxylation is 1. The van der Waals surface area contributed by atoms with E-state index in [9.17, 15) is 4.79 Å². The number of amides is 1. The first-order valence-electron chi connectivity index (χ1n) is 10.3. The van der Waals surface area contributed by atoms with E-state index in [2.05, 4.69) is 55.5 Å². The third kappa shape index (κ3) is 3.43. The second kappa shape index (κ2) is 7.57. The number of nitrogens with one attached hydrogen (secondary N) is 1. The third-order valence-corrected chi connectivity index (χ3v) is 6.58. The topological polar surface area (TPSA) is 72.7 Å². The minimum Gasteiger partial charge on any atom is -0.322 e. The highest BCUT2D eigenvalue weighted by Gasteiger charge is 2.48. The molecule has 4 aromatic rings. The van der Waals surface area contributed by atoms with Gasteiger partial charge in [-0.05, 0) is 54.7 Å². The number of aromatic nitrogens is 4. The summed E-state index contributed by atoms with van der Waals surface area (Å²) in [4.78, 5) is 17.6. The molecule has 1 aliphatic rings. The van der Waals surface area contributed by atoms with Gasteiger partial charge in [0.25, 0.3) is 5.91 Å². The molecular weight excluding hydrogens is 454 g/mol. The molecule has 1 N–H and O–H groups in total. The lowest BCUT2D eigenvalue weighted by Gasteiger charge is -2.46. The van der Waals surface area contributed by atoms with Crippen molar-refractivity contribution in [3.05, 3.63) is 82.5 Å². The van der Waals surface area contributed by atoms with Crippen LogP contribution in [0.4, 0.5) is 5.69 Å². The molecule has 2 heterocycles. The number of carbonyl (C=O) groups is 1. The van der Waals surface area contributed by atoms with Gasteiger partial charge in [0.05, 0.1) is 16.5 Å². The largest absolute Gasteiger partial charge is 0.322 e. The van der Waals surface area contributed by atoms with E-state index in [1.165, 1.54) is 0 Å². The Morgan fingerprint density at radius 3 is 2.77 bits per heavy atom. The van der Waals surface area contributed by atoms with Crippen molar-refractivity contribution < 1.29 is 4.79 Å². The summed E-state index contributed by atoms with van der Waals surface area (Å²) in [6.45, 7) is 2.26. The zero-order valence-electron chi connectivity index (χ0n) is 17.3. The van der Waals surface area contributed by atoms with Crippen molar-refractivity contribution >= 4 is 38.4 Å². The Kier molecular flexibility index (Phi) is 4.85. The number of carbonyl (C=O) groups excluding carboxylic acids is 1. The van der Waals surface area contributed by atoms with Gasteiger partial charge in [0.2, 0.25) is 0 Å². The van der Waals surface area contributed by atoms with Crippen LogP contribution in [0.1, 0.15) is 41.5 Å². The number of anilines is 1. The molecule has 0 radical (unpaired) electrons. The lowest BCUT2D eigenvalue weighted by Crippen LogP contribution is -2.43. The number of rotatable bonds is 4. The maximum Gasteiger partial charge on any atom is 0.257 e. The molecule has 2 aromatic carbocycles. The third-order valence-electron chi connectivity index (χ3n) is 6.12. The summed E-state index contributed by atoms with van der Waals surface area (Å²) in [7, 11) is 1.98. The van der Waals surface area contributed by atoms with Crippen molar-refractivity contribution in [3.63, 3.8) is 0 Å². The Balaban J connectivity index is 1.49. The maximum absolute atomic E-state index is 13.2. The maximum atomic E-state index is 13.2. The quantitative estimate of drug-likeness (QED) is 0.445. The van der Waals surface area contributed by atoms with Gasteiger partial charge in [-0.3, -0.25) is 9.78 Å². The molecule has 0 aliphatic heterocycles. The second-order valence-electron chi connectivity index (χ2n) is 8.42. The number of benzene rings is 2. The van der Waals surface area contributed by atoms with Gasteiger partial charge in [-0.25, -0.2) is 0 Å². The lowest BCUT2D eigenvalue weighted by molar-refractivity contribution is 0.102. The number of hydrogen-bond donors (Lipinski definition) is 1. The van der Waals surface area contributed by atoms with Crippen LogP contribution in [0, 0.1) is 5.92 Å². The Hall–Kier alpha value is -3.06. The molecule has 0 bridgehead atoms. The summed E-state index contributed by atoms with van der Waals surface area (Å²) in [5, 5.41) is 12.5. The number of halogens is 1. The molecule has 5 rings (SSSR count). The highest BCUT2D eigenvalue weighted by Crippen LogP contribution is 2.51. The van der Waals surface area contributed by atoms with Crippen LogP contribution in [0.3, 0.4) is 0 Å². The van der Waals surface area contributed by atoms with Crippen molar-refractivity contribution in [2.75, 3.05) is 5.32 Å². The summed E-state index contributed by atoms with van der Waals surface area (Å²) < 4.78 is 2.84. The fourth-order valence-corrected chi connectivity index (χ4v) is 5.29. The van der Waals surface area contributed by atoms with Gasteiger partial charge < -0.3 is 9.88 Å². The van der Waals surface area contributed by atoms with Crippen molar-refractivity contribution in [1.29, 1.82) is 0 Å². The van der Waals surface area contributed by atoms with Crippen LogP contribution in [-0.2, 0) is 12.5 Å². The number of nitrogens with zero attached hydrogens (tertiary/aromatic N) is 4. The average Bonchev–Trinajstić information content (AvgIpc) is 3.16. The first-order chi connectivity index (χ1) is 15.0. The average molecular weight is 476 g/mol. The lowest BCUT2D eigenvalue weighted by atomic mass is 9.58. The summed E-state index contributed by atoms with van der Waals surface area (Å²) in [5.74, 6) is 1.40. The van der Waals surface area contributed by atoms with Crippen LogP contribution in [0.5, 0.6) is 0 Å². The van der Waals surface area contributed by atoms with Crippen molar-refractivity contribution in [2.45, 2.75) is 25.2 Å². The molecule has 0 saturated heterocycles. The van der Waals surface area contributed by atoms with Gasteiger partial charge in [0, 0.05) is 28.8 Å². The van der Waals surface area contributed by atoms with Crippen LogP contribution in [0.15, 0.2) is 65.5 Å². The smallest absolute Gasteiger partial charge is 0.257 e. The normalized spacial score (nSPS) is 20.4. The number of hydrogen-bond acceptors (Lipinski definition) is 4. The molecule has 1 fully saturated rings. The van der Waals surface area contributed by atoms with Crippen molar-refractivity contribution in [1.82, 2.24) is 19.7 Å². The summed E-state index contributed by atoms with van der Waals surface area (Å²) in [5.41, 5.74) is 2.96. The fraction of sp³-hybridized carbons (Fsp3) is 0.250. The molecule has 0 atom stereocenters. The van der Waals surface area contributed by atoms with Crippen LogP contribution in [0.2, 0.25) is 0 Å². The van der Waals surface area contributed by atoms with Gasteiger partial charge >= 0.3 is 0 Å². The van der Waals surface area contributed by atoms with Crippen molar-refractivity contribution in [3.8, 4) is 0 Å². The van der Waals surface area contributed by atoms with Crippen LogP contribution < -0.4 is 5.32 Å². The van der Waals surface area contributed by atoms with Gasteiger partial charge in [0.15, 0.2) is 0 Å². The van der Waals surface area contributed by atoms with E-state index in [1.807, 2.05) is 48.0 Å². The van der Waals surface area contributed by atoms with E-state index in [0.29, 0.717) is 17.0 Å². The van der Waals surface area contributed by atoms with E-state index in [1.54, 1.807) is 12.5 Å². The molecule has 6 nitrogen and oxygen atoms in total. The predicted octanol–water partition coefficient (Wildman–Crippen LogP) is 5.09. The van der Waals surface area contributed by atoms with E-state index in [-0.39, 0.29) is 11.3 Å². The number of pyridine rings is 1. The Labute approximate surface area is 188 Å². The summed E-state index contributed by atoms with van der Waals surface area (Å²) in [6.07, 6.45) is 5.47. The van der Waals surface area contributed by atoms with Gasteiger partial charge in [0.1, 0.15) is 12.2 Å². The van der Waals surface area contributed by atoms with Gasteiger partial charge in [-0.15, -0.1) is 10.2 Å². The predicted molar refractivity (Wildman–Crippen MR) is 124 cm³/mol. The molecule has 1 amide bonds. The zero-order valence-corrected chi connectivity index (χ0v) is 18.9. The zero-order chi connectivity index (χ0) is 21.6. The molecule has 31 heavy (non-hydrogen) atoms. The highest BCUT2D eigenvalue weighted by atomic mass is 79.9. The number of fused-ring (bicyclic) bond motifs is 1. The molecule has 2 aromatic heterocycles. The van der Waals surface area contributed by atoms with Crippen LogP contribution in [0.25, 0.3) is 10.9 Å².